The topological polar surface area (TPSA) is 50.2 Å². The lowest BCUT2D eigenvalue weighted by molar-refractivity contribution is -0.141. The minimum absolute atomic E-state index is 0.331. The first kappa shape index (κ1) is 16.8. The average molecular weight is 318 g/mol. The first-order chi connectivity index (χ1) is 10.3. The highest BCUT2D eigenvalue weighted by atomic mass is 19.4. The van der Waals surface area contributed by atoms with E-state index in [1.54, 1.807) is 0 Å². The van der Waals surface area contributed by atoms with Crippen LogP contribution in [0.2, 0.25) is 0 Å². The predicted molar refractivity (Wildman–Crippen MR) is 75.4 cm³/mol. The lowest BCUT2D eigenvalue weighted by atomic mass is 10.0. The second-order valence-corrected chi connectivity index (χ2v) is 5.87. The summed E-state index contributed by atoms with van der Waals surface area (Å²) in [6.45, 7) is 5.10. The Morgan fingerprint density at radius 2 is 2.23 bits per heavy atom. The minimum atomic E-state index is -4.63. The van der Waals surface area contributed by atoms with Crippen molar-refractivity contribution in [2.24, 2.45) is 13.0 Å². The van der Waals surface area contributed by atoms with Crippen molar-refractivity contribution in [1.82, 2.24) is 20.0 Å². The number of halogens is 3. The van der Waals surface area contributed by atoms with Gasteiger partial charge in [0, 0.05) is 32.9 Å². The first-order valence-electron chi connectivity index (χ1n) is 7.38. The van der Waals surface area contributed by atoms with Gasteiger partial charge in [-0.05, 0) is 25.3 Å². The molecule has 0 unspecified atom stereocenters. The third kappa shape index (κ3) is 4.22. The van der Waals surface area contributed by atoms with Crippen LogP contribution < -0.4 is 5.32 Å². The molecule has 0 aromatic carbocycles. The standard InChI is InChI=1S/C14H21F3N4O/c1-10-4-3-6-21(8-10)7-5-18-13(22)11-9-20(2)19-12(11)14(15,16)17/h9-10H,3-8H2,1-2H3,(H,18,22)/t10-/m1/s1. The summed E-state index contributed by atoms with van der Waals surface area (Å²) < 4.78 is 39.4. The molecule has 0 radical (unpaired) electrons. The number of hydrogen-bond donors (Lipinski definition) is 1. The zero-order valence-electron chi connectivity index (χ0n) is 12.8. The monoisotopic (exact) mass is 318 g/mol. The zero-order chi connectivity index (χ0) is 16.3. The molecule has 124 valence electrons. The highest BCUT2D eigenvalue weighted by molar-refractivity contribution is 5.95. The maximum absolute atomic E-state index is 12.8. The molecule has 2 heterocycles. The molecule has 1 N–H and O–H groups in total. The molecule has 0 bridgehead atoms. The summed E-state index contributed by atoms with van der Waals surface area (Å²) in [6.07, 6.45) is -1.21. The van der Waals surface area contributed by atoms with E-state index in [4.69, 9.17) is 0 Å². The van der Waals surface area contributed by atoms with Gasteiger partial charge in [-0.15, -0.1) is 0 Å². The Labute approximate surface area is 127 Å². The second kappa shape index (κ2) is 6.68. The third-order valence-electron chi connectivity index (χ3n) is 3.80. The maximum Gasteiger partial charge on any atom is 0.435 e. The van der Waals surface area contributed by atoms with Crippen molar-refractivity contribution in [3.8, 4) is 0 Å². The molecule has 0 aliphatic carbocycles. The average Bonchev–Trinajstić information content (AvgIpc) is 2.81. The van der Waals surface area contributed by atoms with E-state index >= 15 is 0 Å². The molecular formula is C14H21F3N4O. The number of hydrogen-bond acceptors (Lipinski definition) is 3. The van der Waals surface area contributed by atoms with Crippen LogP contribution in [0.1, 0.15) is 35.8 Å². The summed E-state index contributed by atoms with van der Waals surface area (Å²) in [5.41, 5.74) is -1.57. The van der Waals surface area contributed by atoms with Crippen LogP contribution in [0.5, 0.6) is 0 Å². The van der Waals surface area contributed by atoms with Gasteiger partial charge in [0.25, 0.3) is 5.91 Å². The van der Waals surface area contributed by atoms with Crippen molar-refractivity contribution in [1.29, 1.82) is 0 Å². The summed E-state index contributed by atoms with van der Waals surface area (Å²) in [5, 5.41) is 5.88. The molecule has 8 heteroatoms. The maximum atomic E-state index is 12.8. The van der Waals surface area contributed by atoms with Crippen molar-refractivity contribution in [2.75, 3.05) is 26.2 Å². The molecule has 1 aromatic rings. The fourth-order valence-electron chi connectivity index (χ4n) is 2.78. The van der Waals surface area contributed by atoms with Gasteiger partial charge in [-0.1, -0.05) is 6.92 Å². The molecule has 5 nitrogen and oxygen atoms in total. The van der Waals surface area contributed by atoms with Crippen LogP contribution in [-0.4, -0.2) is 46.8 Å². The Morgan fingerprint density at radius 3 is 2.86 bits per heavy atom. The van der Waals surface area contributed by atoms with Gasteiger partial charge in [-0.2, -0.15) is 18.3 Å². The number of aryl methyl sites for hydroxylation is 1. The Hall–Kier alpha value is -1.57. The molecule has 1 fully saturated rings. The molecule has 0 spiro atoms. The number of likely N-dealkylation sites (tertiary alicyclic amines) is 1. The Bertz CT molecular complexity index is 527. The van der Waals surface area contributed by atoms with E-state index in [0.717, 1.165) is 30.4 Å². The fraction of sp³-hybridized carbons (Fsp3) is 0.714. The van der Waals surface area contributed by atoms with Gasteiger partial charge in [0.1, 0.15) is 0 Å². The Kier molecular flexibility index (Phi) is 5.10. The number of piperidine rings is 1. The van der Waals surface area contributed by atoms with E-state index in [1.807, 2.05) is 0 Å². The summed E-state index contributed by atoms with van der Waals surface area (Å²) >= 11 is 0. The number of rotatable bonds is 4. The van der Waals surface area contributed by atoms with Gasteiger partial charge in [0.2, 0.25) is 0 Å². The van der Waals surface area contributed by atoms with Crippen molar-refractivity contribution in [3.05, 3.63) is 17.5 Å². The molecule has 1 aromatic heterocycles. The lowest BCUT2D eigenvalue weighted by Gasteiger charge is -2.30. The largest absolute Gasteiger partial charge is 0.435 e. The molecule has 1 amide bonds. The number of alkyl halides is 3. The van der Waals surface area contributed by atoms with Crippen LogP contribution in [0, 0.1) is 5.92 Å². The second-order valence-electron chi connectivity index (χ2n) is 5.87. The van der Waals surface area contributed by atoms with Crippen LogP contribution in [0.3, 0.4) is 0 Å². The van der Waals surface area contributed by atoms with E-state index in [-0.39, 0.29) is 0 Å². The third-order valence-corrected chi connectivity index (χ3v) is 3.80. The van der Waals surface area contributed by atoms with Crippen LogP contribution in [0.4, 0.5) is 13.2 Å². The van der Waals surface area contributed by atoms with E-state index in [1.165, 1.54) is 13.5 Å². The van der Waals surface area contributed by atoms with Crippen molar-refractivity contribution in [2.45, 2.75) is 25.9 Å². The van der Waals surface area contributed by atoms with Gasteiger partial charge in [-0.3, -0.25) is 9.48 Å². The van der Waals surface area contributed by atoms with Crippen LogP contribution in [-0.2, 0) is 13.2 Å². The number of aromatic nitrogens is 2. The first-order valence-corrected chi connectivity index (χ1v) is 7.38. The van der Waals surface area contributed by atoms with E-state index in [2.05, 4.69) is 22.2 Å². The minimum Gasteiger partial charge on any atom is -0.351 e. The fourth-order valence-corrected chi connectivity index (χ4v) is 2.78. The van der Waals surface area contributed by atoms with Crippen molar-refractivity contribution in [3.63, 3.8) is 0 Å². The molecule has 1 saturated heterocycles. The van der Waals surface area contributed by atoms with Crippen LogP contribution in [0.15, 0.2) is 6.20 Å². The number of nitrogens with zero attached hydrogens (tertiary/aromatic N) is 3. The van der Waals surface area contributed by atoms with Crippen LogP contribution >= 0.6 is 0 Å². The smallest absolute Gasteiger partial charge is 0.351 e. The number of carbonyl (C=O) groups excluding carboxylic acids is 1. The van der Waals surface area contributed by atoms with Crippen molar-refractivity contribution < 1.29 is 18.0 Å². The molecule has 1 atom stereocenters. The van der Waals surface area contributed by atoms with Crippen LogP contribution in [0.25, 0.3) is 0 Å². The van der Waals surface area contributed by atoms with Crippen molar-refractivity contribution >= 4 is 5.91 Å². The molecule has 0 saturated carbocycles. The molecule has 1 aliphatic rings. The van der Waals surface area contributed by atoms with Gasteiger partial charge in [0.15, 0.2) is 5.69 Å². The normalized spacial score (nSPS) is 20.1. The number of amides is 1. The van der Waals surface area contributed by atoms with E-state index in [0.29, 0.717) is 19.0 Å². The van der Waals surface area contributed by atoms with Gasteiger partial charge in [-0.25, -0.2) is 0 Å². The molecule has 2 rings (SSSR count). The molecular weight excluding hydrogens is 297 g/mol. The Balaban J connectivity index is 1.90. The molecule has 1 aliphatic heterocycles. The van der Waals surface area contributed by atoms with Gasteiger partial charge in [0.05, 0.1) is 5.56 Å². The summed E-state index contributed by atoms with van der Waals surface area (Å²) in [4.78, 5) is 14.2. The number of nitrogens with one attached hydrogen (secondary N) is 1. The Morgan fingerprint density at radius 1 is 1.50 bits per heavy atom. The SMILES string of the molecule is C[C@@H]1CCCN(CCNC(=O)c2cn(C)nc2C(F)(F)F)C1. The predicted octanol–water partition coefficient (Wildman–Crippen LogP) is 1.90. The van der Waals surface area contributed by atoms with E-state index < -0.39 is 23.3 Å². The molecule has 22 heavy (non-hydrogen) atoms. The lowest BCUT2D eigenvalue weighted by Crippen LogP contribution is -2.40. The summed E-state index contributed by atoms with van der Waals surface area (Å²) in [7, 11) is 1.36. The summed E-state index contributed by atoms with van der Waals surface area (Å²) in [5.74, 6) is -0.106. The van der Waals surface area contributed by atoms with E-state index in [9.17, 15) is 18.0 Å². The zero-order valence-corrected chi connectivity index (χ0v) is 12.8. The highest BCUT2D eigenvalue weighted by Crippen LogP contribution is 2.30. The highest BCUT2D eigenvalue weighted by Gasteiger charge is 2.38. The van der Waals surface area contributed by atoms with Gasteiger partial charge < -0.3 is 10.2 Å². The number of carbonyl (C=O) groups is 1. The summed E-state index contributed by atoms with van der Waals surface area (Å²) in [6, 6.07) is 0. The quantitative estimate of drug-likeness (QED) is 0.922. The van der Waals surface area contributed by atoms with Gasteiger partial charge >= 0.3 is 6.18 Å².